The minimum atomic E-state index is 0.570. The molecule has 5 nitrogen and oxygen atoms in total. The van der Waals surface area contributed by atoms with E-state index < -0.39 is 0 Å². The smallest absolute Gasteiger partial charge is 0.238 e. The Hall–Kier alpha value is -6.33. The van der Waals surface area contributed by atoms with Crippen molar-refractivity contribution in [1.82, 2.24) is 19.5 Å². The lowest BCUT2D eigenvalue weighted by atomic mass is 10.0. The Kier molecular flexibility index (Phi) is 5.22. The molecular weight excluding hydrogens is 564 g/mol. The minimum absolute atomic E-state index is 0.570. The monoisotopic (exact) mass is 588 g/mol. The van der Waals surface area contributed by atoms with Crippen LogP contribution in [0.15, 0.2) is 150 Å². The van der Waals surface area contributed by atoms with Gasteiger partial charge >= 0.3 is 0 Å². The first-order chi connectivity index (χ1) is 22.8. The predicted octanol–water partition coefficient (Wildman–Crippen LogP) is 10.5. The van der Waals surface area contributed by atoms with Gasteiger partial charge in [0.2, 0.25) is 5.95 Å². The number of benzene rings is 7. The van der Waals surface area contributed by atoms with Crippen molar-refractivity contribution in [2.24, 2.45) is 0 Å². The summed E-state index contributed by atoms with van der Waals surface area (Å²) in [4.78, 5) is 15.4. The molecule has 0 fully saturated rings. The summed E-state index contributed by atoms with van der Waals surface area (Å²) in [5.41, 5.74) is 5.58. The Labute approximate surface area is 263 Å². The molecule has 0 aliphatic rings. The lowest BCUT2D eigenvalue weighted by Crippen LogP contribution is -2.06. The van der Waals surface area contributed by atoms with Crippen LogP contribution in [0.3, 0.4) is 0 Å². The number of furan rings is 1. The van der Waals surface area contributed by atoms with Gasteiger partial charge in [0.25, 0.3) is 0 Å². The van der Waals surface area contributed by atoms with Gasteiger partial charge in [0.15, 0.2) is 11.6 Å². The van der Waals surface area contributed by atoms with Crippen molar-refractivity contribution in [3.63, 3.8) is 0 Å². The number of aromatic nitrogens is 4. The van der Waals surface area contributed by atoms with E-state index >= 15 is 0 Å². The van der Waals surface area contributed by atoms with Crippen molar-refractivity contribution in [3.05, 3.63) is 146 Å². The third kappa shape index (κ3) is 3.72. The van der Waals surface area contributed by atoms with Gasteiger partial charge in [0.05, 0.1) is 11.0 Å². The number of nitrogens with zero attached hydrogens (tertiary/aromatic N) is 4. The first-order valence-electron chi connectivity index (χ1n) is 15.4. The largest absolute Gasteiger partial charge is 0.456 e. The summed E-state index contributed by atoms with van der Waals surface area (Å²) in [5.74, 6) is 1.77. The van der Waals surface area contributed by atoms with Gasteiger partial charge in [-0.2, -0.15) is 9.97 Å². The fourth-order valence-electron chi connectivity index (χ4n) is 6.85. The topological polar surface area (TPSA) is 56.7 Å². The molecule has 0 atom stereocenters. The molecule has 0 aliphatic heterocycles. The van der Waals surface area contributed by atoms with Gasteiger partial charge in [-0.25, -0.2) is 4.98 Å². The Morgan fingerprint density at radius 1 is 0.413 bits per heavy atom. The highest BCUT2D eigenvalue weighted by atomic mass is 16.3. The second-order valence-electron chi connectivity index (χ2n) is 11.7. The molecule has 10 aromatic rings. The van der Waals surface area contributed by atoms with Crippen molar-refractivity contribution in [2.45, 2.75) is 0 Å². The first-order valence-corrected chi connectivity index (χ1v) is 15.4. The van der Waals surface area contributed by atoms with Gasteiger partial charge in [-0.05, 0) is 46.5 Å². The van der Waals surface area contributed by atoms with Crippen molar-refractivity contribution in [2.75, 3.05) is 0 Å². The van der Waals surface area contributed by atoms with Crippen molar-refractivity contribution >= 4 is 65.3 Å². The molecule has 3 aromatic heterocycles. The fourth-order valence-corrected chi connectivity index (χ4v) is 6.85. The van der Waals surface area contributed by atoms with Crippen LogP contribution in [0.2, 0.25) is 0 Å². The van der Waals surface area contributed by atoms with Gasteiger partial charge < -0.3 is 4.42 Å². The van der Waals surface area contributed by atoms with Crippen molar-refractivity contribution in [1.29, 1.82) is 0 Å². The van der Waals surface area contributed by atoms with E-state index in [9.17, 15) is 0 Å². The lowest BCUT2D eigenvalue weighted by molar-refractivity contribution is 0.669. The number of hydrogen-bond donors (Lipinski definition) is 0. The maximum Gasteiger partial charge on any atom is 0.238 e. The molecule has 0 bridgehead atoms. The average Bonchev–Trinajstić information content (AvgIpc) is 3.66. The van der Waals surface area contributed by atoms with Gasteiger partial charge in [-0.1, -0.05) is 115 Å². The van der Waals surface area contributed by atoms with E-state index in [4.69, 9.17) is 19.4 Å². The van der Waals surface area contributed by atoms with E-state index in [0.29, 0.717) is 17.6 Å². The van der Waals surface area contributed by atoms with Crippen LogP contribution in [0.4, 0.5) is 0 Å². The van der Waals surface area contributed by atoms with E-state index in [0.717, 1.165) is 71.0 Å². The molecule has 0 amide bonds. The van der Waals surface area contributed by atoms with Crippen LogP contribution in [-0.2, 0) is 0 Å². The lowest BCUT2D eigenvalue weighted by Gasteiger charge is -2.12. The van der Waals surface area contributed by atoms with E-state index in [-0.39, 0.29) is 0 Å². The molecule has 10 rings (SSSR count). The second-order valence-corrected chi connectivity index (χ2v) is 11.7. The zero-order chi connectivity index (χ0) is 30.2. The van der Waals surface area contributed by atoms with E-state index in [1.54, 1.807) is 0 Å². The zero-order valence-corrected chi connectivity index (χ0v) is 24.6. The highest BCUT2D eigenvalue weighted by Crippen LogP contribution is 2.39. The van der Waals surface area contributed by atoms with Crippen molar-refractivity contribution in [3.8, 4) is 28.7 Å². The SMILES string of the molecule is c1ccc(-c2nc(-c3ccc4c(c3)oc3ccccc34)nc(-n3c4cc5ccccc5cc4c4ccc5ccccc5c43)n2)cc1. The molecule has 7 aromatic carbocycles. The van der Waals surface area contributed by atoms with Crippen LogP contribution >= 0.6 is 0 Å². The maximum atomic E-state index is 6.26. The third-order valence-electron chi connectivity index (χ3n) is 9.01. The first kappa shape index (κ1) is 25.0. The molecule has 46 heavy (non-hydrogen) atoms. The highest BCUT2D eigenvalue weighted by molar-refractivity contribution is 6.20. The van der Waals surface area contributed by atoms with Crippen LogP contribution in [0.1, 0.15) is 0 Å². The molecule has 3 heterocycles. The number of rotatable bonds is 3. The summed E-state index contributed by atoms with van der Waals surface area (Å²) >= 11 is 0. The molecule has 0 saturated carbocycles. The fraction of sp³-hybridized carbons (Fsp3) is 0. The quantitative estimate of drug-likeness (QED) is 0.206. The summed E-state index contributed by atoms with van der Waals surface area (Å²) in [6.07, 6.45) is 0. The van der Waals surface area contributed by atoms with Gasteiger partial charge in [0.1, 0.15) is 11.2 Å². The van der Waals surface area contributed by atoms with Crippen LogP contribution in [0.25, 0.3) is 94.0 Å². The maximum absolute atomic E-state index is 6.26. The summed E-state index contributed by atoms with van der Waals surface area (Å²) in [5, 5.41) is 9.15. The Bertz CT molecular complexity index is 2810. The van der Waals surface area contributed by atoms with Crippen molar-refractivity contribution < 1.29 is 4.42 Å². The van der Waals surface area contributed by atoms with Crippen LogP contribution in [0, 0.1) is 0 Å². The van der Waals surface area contributed by atoms with Gasteiger partial charge in [0, 0.05) is 38.1 Å². The normalized spacial score (nSPS) is 11.9. The Morgan fingerprint density at radius 3 is 1.91 bits per heavy atom. The molecule has 5 heteroatoms. The standard InChI is InChI=1S/C41H24N4O/c1-2-11-26(12-3-1)39-42-40(29-19-20-32-31-16-8-9-17-36(31)46-37(32)24-29)44-41(43-39)45-35-23-28-14-5-4-13-27(28)22-34(35)33-21-18-25-10-6-7-15-30(25)38(33)45/h1-24H. The third-order valence-corrected chi connectivity index (χ3v) is 9.01. The average molecular weight is 589 g/mol. The second kappa shape index (κ2) is 9.58. The summed E-state index contributed by atoms with van der Waals surface area (Å²) in [7, 11) is 0. The van der Waals surface area contributed by atoms with Crippen LogP contribution in [0.5, 0.6) is 0 Å². The molecule has 0 spiro atoms. The summed E-state index contributed by atoms with van der Waals surface area (Å²) in [6, 6.07) is 50.4. The van der Waals surface area contributed by atoms with E-state index in [2.05, 4.69) is 95.6 Å². The Morgan fingerprint density at radius 2 is 1.07 bits per heavy atom. The number of para-hydroxylation sites is 1. The van der Waals surface area contributed by atoms with Gasteiger partial charge in [-0.15, -0.1) is 0 Å². The summed E-state index contributed by atoms with van der Waals surface area (Å²) < 4.78 is 8.48. The molecule has 0 aliphatic carbocycles. The number of fused-ring (bicyclic) bond motifs is 9. The van der Waals surface area contributed by atoms with E-state index in [1.165, 1.54) is 5.39 Å². The number of hydrogen-bond acceptors (Lipinski definition) is 4. The molecule has 214 valence electrons. The molecule has 0 unspecified atom stereocenters. The predicted molar refractivity (Wildman–Crippen MR) is 187 cm³/mol. The van der Waals surface area contributed by atoms with E-state index in [1.807, 2.05) is 54.6 Å². The minimum Gasteiger partial charge on any atom is -0.456 e. The summed E-state index contributed by atoms with van der Waals surface area (Å²) in [6.45, 7) is 0. The molecular formula is C41H24N4O. The zero-order valence-electron chi connectivity index (χ0n) is 24.6. The molecule has 0 N–H and O–H groups in total. The van der Waals surface area contributed by atoms with Crippen LogP contribution < -0.4 is 0 Å². The molecule has 0 saturated heterocycles. The highest BCUT2D eigenvalue weighted by Gasteiger charge is 2.20. The molecule has 0 radical (unpaired) electrons. The van der Waals surface area contributed by atoms with Gasteiger partial charge in [-0.3, -0.25) is 4.57 Å². The Balaban J connectivity index is 1.32. The van der Waals surface area contributed by atoms with Crippen LogP contribution in [-0.4, -0.2) is 19.5 Å².